The number of hydrogen-bond acceptors (Lipinski definition) is 3. The predicted molar refractivity (Wildman–Crippen MR) is 92.7 cm³/mol. The lowest BCUT2D eigenvalue weighted by Crippen LogP contribution is -2.10. The summed E-state index contributed by atoms with van der Waals surface area (Å²) in [7, 11) is 0. The molecule has 0 amide bonds. The maximum absolute atomic E-state index is 11.8. The van der Waals surface area contributed by atoms with Crippen molar-refractivity contribution in [1.82, 2.24) is 0 Å². The molecule has 0 aliphatic heterocycles. The molecular weight excluding hydrogens is 335 g/mol. The van der Waals surface area contributed by atoms with Crippen LogP contribution in [0.1, 0.15) is 24.0 Å². The number of esters is 1. The van der Waals surface area contributed by atoms with E-state index in [4.69, 9.17) is 32.7 Å². The van der Waals surface area contributed by atoms with E-state index < -0.39 is 0 Å². The molecule has 2 aromatic carbocycles. The largest absolute Gasteiger partial charge is 0.492 e. The normalized spacial score (nSPS) is 10.4. The Morgan fingerprint density at radius 2 is 1.83 bits per heavy atom. The van der Waals surface area contributed by atoms with Crippen LogP contribution in [0, 0.1) is 13.8 Å². The average molecular weight is 353 g/mol. The Kier molecular flexibility index (Phi) is 6.31. The molecule has 0 atom stereocenters. The average Bonchev–Trinajstić information content (AvgIpc) is 2.49. The van der Waals surface area contributed by atoms with Gasteiger partial charge in [0, 0.05) is 11.4 Å². The zero-order chi connectivity index (χ0) is 16.8. The van der Waals surface area contributed by atoms with Gasteiger partial charge in [-0.2, -0.15) is 0 Å². The molecule has 0 spiro atoms. The summed E-state index contributed by atoms with van der Waals surface area (Å²) < 4.78 is 10.8. The van der Waals surface area contributed by atoms with Gasteiger partial charge in [-0.05, 0) is 61.7 Å². The Labute approximate surface area is 146 Å². The molecule has 0 saturated heterocycles. The van der Waals surface area contributed by atoms with Gasteiger partial charge in [-0.25, -0.2) is 0 Å². The van der Waals surface area contributed by atoms with E-state index in [2.05, 4.69) is 0 Å². The summed E-state index contributed by atoms with van der Waals surface area (Å²) in [6, 6.07) is 10.6. The van der Waals surface area contributed by atoms with Crippen molar-refractivity contribution in [1.29, 1.82) is 0 Å². The van der Waals surface area contributed by atoms with E-state index >= 15 is 0 Å². The Morgan fingerprint density at radius 1 is 1.04 bits per heavy atom. The number of rotatable bonds is 6. The first kappa shape index (κ1) is 17.6. The third-order valence-corrected chi connectivity index (χ3v) is 3.92. The quantitative estimate of drug-likeness (QED) is 0.398. The van der Waals surface area contributed by atoms with Crippen molar-refractivity contribution >= 4 is 29.2 Å². The van der Waals surface area contributed by atoms with E-state index in [0.717, 1.165) is 11.1 Å². The molecule has 0 fully saturated rings. The fraction of sp³-hybridized carbons (Fsp3) is 0.278. The molecule has 0 unspecified atom stereocenters. The second kappa shape index (κ2) is 8.23. The summed E-state index contributed by atoms with van der Waals surface area (Å²) in [5.41, 5.74) is 2.26. The third kappa shape index (κ3) is 5.45. The standard InChI is InChI=1S/C18H18Cl2O3/c1-12-5-7-15(10-13(12)2)23-18(21)4-3-9-22-17-8-6-14(19)11-16(17)20/h5-8,10-11H,3-4,9H2,1-2H3. The number of benzene rings is 2. The van der Waals surface area contributed by atoms with Gasteiger partial charge in [0.15, 0.2) is 0 Å². The Hall–Kier alpha value is -1.71. The van der Waals surface area contributed by atoms with E-state index in [1.165, 1.54) is 0 Å². The summed E-state index contributed by atoms with van der Waals surface area (Å²) in [6.45, 7) is 4.37. The van der Waals surface area contributed by atoms with Gasteiger partial charge in [0.05, 0.1) is 11.6 Å². The van der Waals surface area contributed by atoms with E-state index in [0.29, 0.717) is 34.6 Å². The maximum Gasteiger partial charge on any atom is 0.311 e. The number of aryl methyl sites for hydroxylation is 2. The van der Waals surface area contributed by atoms with Crippen molar-refractivity contribution in [2.24, 2.45) is 0 Å². The SMILES string of the molecule is Cc1ccc(OC(=O)CCCOc2ccc(Cl)cc2Cl)cc1C. The number of ether oxygens (including phenoxy) is 2. The van der Waals surface area contributed by atoms with E-state index in [1.54, 1.807) is 24.3 Å². The highest BCUT2D eigenvalue weighted by atomic mass is 35.5. The van der Waals surface area contributed by atoms with Gasteiger partial charge in [0.25, 0.3) is 0 Å². The van der Waals surface area contributed by atoms with Gasteiger partial charge >= 0.3 is 5.97 Å². The highest BCUT2D eigenvalue weighted by molar-refractivity contribution is 6.35. The molecule has 2 rings (SSSR count). The molecule has 5 heteroatoms. The van der Waals surface area contributed by atoms with E-state index in [9.17, 15) is 4.79 Å². The lowest BCUT2D eigenvalue weighted by molar-refractivity contribution is -0.134. The monoisotopic (exact) mass is 352 g/mol. The van der Waals surface area contributed by atoms with Crippen LogP contribution in [0.5, 0.6) is 11.5 Å². The molecule has 0 heterocycles. The van der Waals surface area contributed by atoms with Gasteiger partial charge in [-0.15, -0.1) is 0 Å². The molecular formula is C18H18Cl2O3. The molecule has 0 N–H and O–H groups in total. The summed E-state index contributed by atoms with van der Waals surface area (Å²) in [5, 5.41) is 1.01. The highest BCUT2D eigenvalue weighted by Gasteiger charge is 2.07. The minimum atomic E-state index is -0.279. The van der Waals surface area contributed by atoms with Crippen LogP contribution in [-0.4, -0.2) is 12.6 Å². The Balaban J connectivity index is 1.75. The van der Waals surface area contributed by atoms with E-state index in [-0.39, 0.29) is 12.4 Å². The number of hydrogen-bond donors (Lipinski definition) is 0. The lowest BCUT2D eigenvalue weighted by atomic mass is 10.1. The number of halogens is 2. The summed E-state index contributed by atoms with van der Waals surface area (Å²) in [4.78, 5) is 11.8. The zero-order valence-electron chi connectivity index (χ0n) is 13.1. The minimum Gasteiger partial charge on any atom is -0.492 e. The summed E-state index contributed by atoms with van der Waals surface area (Å²) >= 11 is 11.8. The number of carbonyl (C=O) groups excluding carboxylic acids is 1. The van der Waals surface area contributed by atoms with Gasteiger partial charge in [0.2, 0.25) is 0 Å². The smallest absolute Gasteiger partial charge is 0.311 e. The Bertz CT molecular complexity index is 699. The number of carbonyl (C=O) groups is 1. The van der Waals surface area contributed by atoms with Crippen molar-refractivity contribution in [3.63, 3.8) is 0 Å². The molecule has 0 bridgehead atoms. The molecule has 0 aromatic heterocycles. The van der Waals surface area contributed by atoms with Crippen LogP contribution in [0.25, 0.3) is 0 Å². The molecule has 0 saturated carbocycles. The molecule has 0 aliphatic rings. The second-order valence-corrected chi connectivity index (χ2v) is 6.09. The summed E-state index contributed by atoms with van der Waals surface area (Å²) in [5.74, 6) is 0.845. The van der Waals surface area contributed by atoms with Crippen molar-refractivity contribution in [2.45, 2.75) is 26.7 Å². The molecule has 2 aromatic rings. The topological polar surface area (TPSA) is 35.5 Å². The summed E-state index contributed by atoms with van der Waals surface area (Å²) in [6.07, 6.45) is 0.820. The minimum absolute atomic E-state index is 0.276. The van der Waals surface area contributed by atoms with Crippen molar-refractivity contribution in [3.05, 3.63) is 57.6 Å². The lowest BCUT2D eigenvalue weighted by Gasteiger charge is -2.09. The molecule has 23 heavy (non-hydrogen) atoms. The molecule has 122 valence electrons. The zero-order valence-corrected chi connectivity index (χ0v) is 14.6. The van der Waals surface area contributed by atoms with Crippen molar-refractivity contribution < 1.29 is 14.3 Å². The van der Waals surface area contributed by atoms with Crippen LogP contribution < -0.4 is 9.47 Å². The van der Waals surface area contributed by atoms with Crippen LogP contribution >= 0.6 is 23.2 Å². The van der Waals surface area contributed by atoms with Gasteiger partial charge in [-0.3, -0.25) is 4.79 Å². The van der Waals surface area contributed by atoms with Gasteiger partial charge in [-0.1, -0.05) is 29.3 Å². The van der Waals surface area contributed by atoms with Crippen LogP contribution in [0.2, 0.25) is 10.0 Å². The second-order valence-electron chi connectivity index (χ2n) is 5.25. The van der Waals surface area contributed by atoms with Crippen LogP contribution in [0.15, 0.2) is 36.4 Å². The molecule has 3 nitrogen and oxygen atoms in total. The van der Waals surface area contributed by atoms with Crippen molar-refractivity contribution in [2.75, 3.05) is 6.61 Å². The first-order valence-electron chi connectivity index (χ1n) is 7.31. The highest BCUT2D eigenvalue weighted by Crippen LogP contribution is 2.27. The van der Waals surface area contributed by atoms with Crippen LogP contribution in [0.4, 0.5) is 0 Å². The van der Waals surface area contributed by atoms with Gasteiger partial charge in [0.1, 0.15) is 11.5 Å². The third-order valence-electron chi connectivity index (χ3n) is 3.39. The predicted octanol–water partition coefficient (Wildman–Crippen LogP) is 5.37. The van der Waals surface area contributed by atoms with Crippen LogP contribution in [-0.2, 0) is 4.79 Å². The van der Waals surface area contributed by atoms with Gasteiger partial charge < -0.3 is 9.47 Å². The Morgan fingerprint density at radius 3 is 2.52 bits per heavy atom. The molecule has 0 aliphatic carbocycles. The molecule has 0 radical (unpaired) electrons. The van der Waals surface area contributed by atoms with E-state index in [1.807, 2.05) is 26.0 Å². The van der Waals surface area contributed by atoms with Crippen LogP contribution in [0.3, 0.4) is 0 Å². The fourth-order valence-corrected chi connectivity index (χ4v) is 2.41. The maximum atomic E-state index is 11.8. The van der Waals surface area contributed by atoms with Crippen molar-refractivity contribution in [3.8, 4) is 11.5 Å². The fourth-order valence-electron chi connectivity index (χ4n) is 1.95. The first-order valence-corrected chi connectivity index (χ1v) is 8.07. The first-order chi connectivity index (χ1) is 11.0.